The van der Waals surface area contributed by atoms with Gasteiger partial charge < -0.3 is 20.1 Å². The quantitative estimate of drug-likeness (QED) is 0.651. The van der Waals surface area contributed by atoms with Gasteiger partial charge in [0.15, 0.2) is 0 Å². The Morgan fingerprint density at radius 1 is 1.41 bits per heavy atom. The number of carboxylic acids is 1. The smallest absolute Gasteiger partial charge is 0.305 e. The number of ether oxygens (including phenoxy) is 1. The van der Waals surface area contributed by atoms with E-state index in [0.29, 0.717) is 12.5 Å². The largest absolute Gasteiger partial charge is 0.495 e. The third-order valence-electron chi connectivity index (χ3n) is 3.54. The van der Waals surface area contributed by atoms with E-state index >= 15 is 0 Å². The van der Waals surface area contributed by atoms with Crippen molar-refractivity contribution in [3.8, 4) is 5.75 Å². The van der Waals surface area contributed by atoms with Gasteiger partial charge in [-0.05, 0) is 36.6 Å². The van der Waals surface area contributed by atoms with Gasteiger partial charge in [0.25, 0.3) is 0 Å². The number of nitrogens with zero attached hydrogens (tertiary/aromatic N) is 1. The van der Waals surface area contributed by atoms with E-state index in [1.54, 1.807) is 7.11 Å². The molecule has 0 amide bonds. The van der Waals surface area contributed by atoms with Crippen LogP contribution in [-0.4, -0.2) is 38.3 Å². The molecular weight excluding hydrogens is 280 g/mol. The van der Waals surface area contributed by atoms with Gasteiger partial charge in [-0.2, -0.15) is 0 Å². The van der Waals surface area contributed by atoms with Crippen molar-refractivity contribution in [2.45, 2.75) is 33.2 Å². The fraction of sp³-hybridized carbons (Fsp3) is 0.588. The van der Waals surface area contributed by atoms with E-state index < -0.39 is 5.97 Å². The molecule has 1 aromatic rings. The number of hydrogen-bond acceptors (Lipinski definition) is 4. The second-order valence-corrected chi connectivity index (χ2v) is 5.93. The normalized spacial score (nSPS) is 10.8. The molecule has 0 saturated heterocycles. The third-order valence-corrected chi connectivity index (χ3v) is 3.54. The van der Waals surface area contributed by atoms with Crippen LogP contribution in [0.25, 0.3) is 0 Å². The van der Waals surface area contributed by atoms with E-state index in [-0.39, 0.29) is 6.42 Å². The van der Waals surface area contributed by atoms with E-state index in [9.17, 15) is 4.79 Å². The number of hydrogen-bond donors (Lipinski definition) is 2. The molecule has 22 heavy (non-hydrogen) atoms. The highest BCUT2D eigenvalue weighted by Crippen LogP contribution is 2.28. The van der Waals surface area contributed by atoms with Gasteiger partial charge >= 0.3 is 5.97 Å². The summed E-state index contributed by atoms with van der Waals surface area (Å²) in [6.07, 6.45) is 1.27. The number of carbonyl (C=O) groups is 1. The van der Waals surface area contributed by atoms with Gasteiger partial charge in [0.05, 0.1) is 19.2 Å². The van der Waals surface area contributed by atoms with Gasteiger partial charge in [-0.3, -0.25) is 4.79 Å². The molecule has 0 bridgehead atoms. The van der Waals surface area contributed by atoms with E-state index in [1.165, 1.54) is 0 Å². The van der Waals surface area contributed by atoms with Crippen LogP contribution in [0.2, 0.25) is 0 Å². The molecule has 0 radical (unpaired) electrons. The molecule has 0 aliphatic carbocycles. The second kappa shape index (κ2) is 9.30. The predicted octanol–water partition coefficient (Wildman–Crippen LogP) is 2.74. The maximum atomic E-state index is 10.7. The summed E-state index contributed by atoms with van der Waals surface area (Å²) in [5, 5.41) is 12.2. The third kappa shape index (κ3) is 6.35. The van der Waals surface area contributed by atoms with Gasteiger partial charge in [0, 0.05) is 20.1 Å². The minimum atomic E-state index is -0.795. The summed E-state index contributed by atoms with van der Waals surface area (Å²) < 4.78 is 5.44. The number of benzene rings is 1. The molecule has 1 rings (SSSR count). The van der Waals surface area contributed by atoms with E-state index in [1.807, 2.05) is 24.1 Å². The van der Waals surface area contributed by atoms with Crippen molar-refractivity contribution >= 4 is 11.7 Å². The first-order valence-corrected chi connectivity index (χ1v) is 7.74. The Morgan fingerprint density at radius 2 is 2.14 bits per heavy atom. The number of nitrogens with one attached hydrogen (secondary N) is 1. The Labute approximate surface area is 133 Å². The highest BCUT2D eigenvalue weighted by Gasteiger charge is 2.10. The summed E-state index contributed by atoms with van der Waals surface area (Å²) >= 11 is 0. The number of methoxy groups -OCH3 is 1. The van der Waals surface area contributed by atoms with E-state index in [4.69, 9.17) is 9.84 Å². The van der Waals surface area contributed by atoms with Gasteiger partial charge in [-0.1, -0.05) is 19.9 Å². The van der Waals surface area contributed by atoms with Crippen LogP contribution in [-0.2, 0) is 11.3 Å². The van der Waals surface area contributed by atoms with Crippen molar-refractivity contribution in [1.82, 2.24) is 5.32 Å². The minimum absolute atomic E-state index is 0.109. The van der Waals surface area contributed by atoms with Crippen molar-refractivity contribution in [3.05, 3.63) is 23.8 Å². The minimum Gasteiger partial charge on any atom is -0.495 e. The zero-order valence-electron chi connectivity index (χ0n) is 14.1. The molecule has 0 fully saturated rings. The average molecular weight is 308 g/mol. The molecule has 124 valence electrons. The first-order valence-electron chi connectivity index (χ1n) is 7.74. The molecule has 0 heterocycles. The Kier molecular flexibility index (Phi) is 7.74. The fourth-order valence-electron chi connectivity index (χ4n) is 2.15. The van der Waals surface area contributed by atoms with Crippen molar-refractivity contribution < 1.29 is 14.6 Å². The molecular formula is C17H28N2O3. The van der Waals surface area contributed by atoms with E-state index in [2.05, 4.69) is 25.2 Å². The molecule has 0 aliphatic rings. The van der Waals surface area contributed by atoms with Gasteiger partial charge in [0.1, 0.15) is 5.75 Å². The lowest BCUT2D eigenvalue weighted by molar-refractivity contribution is -0.136. The SMILES string of the molecule is COc1cc(CNCCC(C)C)ccc1N(C)CCC(=O)O. The molecule has 0 aromatic heterocycles. The Balaban J connectivity index is 2.63. The summed E-state index contributed by atoms with van der Waals surface area (Å²) in [5.74, 6) is 0.681. The molecule has 0 saturated carbocycles. The molecule has 5 nitrogen and oxygen atoms in total. The van der Waals surface area contributed by atoms with Crippen molar-refractivity contribution in [3.63, 3.8) is 0 Å². The number of anilines is 1. The second-order valence-electron chi connectivity index (χ2n) is 5.93. The molecule has 2 N–H and O–H groups in total. The predicted molar refractivity (Wildman–Crippen MR) is 89.7 cm³/mol. The van der Waals surface area contributed by atoms with E-state index in [0.717, 1.165) is 36.5 Å². The first kappa shape index (κ1) is 18.3. The van der Waals surface area contributed by atoms with Crippen LogP contribution >= 0.6 is 0 Å². The number of rotatable bonds is 10. The van der Waals surface area contributed by atoms with Crippen molar-refractivity contribution in [1.29, 1.82) is 0 Å². The summed E-state index contributed by atoms with van der Waals surface area (Å²) in [4.78, 5) is 12.6. The van der Waals surface area contributed by atoms with Crippen LogP contribution in [0.4, 0.5) is 5.69 Å². The maximum Gasteiger partial charge on any atom is 0.305 e. The highest BCUT2D eigenvalue weighted by molar-refractivity contribution is 5.68. The zero-order valence-corrected chi connectivity index (χ0v) is 14.1. The van der Waals surface area contributed by atoms with Gasteiger partial charge in [-0.25, -0.2) is 0 Å². The Hall–Kier alpha value is -1.75. The number of aliphatic carboxylic acids is 1. The maximum absolute atomic E-state index is 10.7. The molecule has 0 aliphatic heterocycles. The van der Waals surface area contributed by atoms with Crippen LogP contribution in [0.15, 0.2) is 18.2 Å². The zero-order chi connectivity index (χ0) is 16.5. The van der Waals surface area contributed by atoms with Crippen LogP contribution in [0.1, 0.15) is 32.3 Å². The highest BCUT2D eigenvalue weighted by atomic mass is 16.5. The average Bonchev–Trinajstić information content (AvgIpc) is 2.48. The van der Waals surface area contributed by atoms with Crippen LogP contribution in [0.3, 0.4) is 0 Å². The standard InChI is InChI=1S/C17H28N2O3/c1-13(2)7-9-18-12-14-5-6-15(16(11-14)22-4)19(3)10-8-17(20)21/h5-6,11,13,18H,7-10,12H2,1-4H3,(H,20,21). The summed E-state index contributed by atoms with van der Waals surface area (Å²) in [6.45, 7) is 6.69. The summed E-state index contributed by atoms with van der Waals surface area (Å²) in [5.41, 5.74) is 2.07. The first-order chi connectivity index (χ1) is 10.4. The Morgan fingerprint density at radius 3 is 2.73 bits per heavy atom. The monoisotopic (exact) mass is 308 g/mol. The van der Waals surface area contributed by atoms with Gasteiger partial charge in [0.2, 0.25) is 0 Å². The molecule has 5 heteroatoms. The summed E-state index contributed by atoms with van der Waals surface area (Å²) in [6, 6.07) is 6.05. The molecule has 0 unspecified atom stereocenters. The van der Waals surface area contributed by atoms with Crippen LogP contribution in [0.5, 0.6) is 5.75 Å². The fourth-order valence-corrected chi connectivity index (χ4v) is 2.15. The summed E-state index contributed by atoms with van der Waals surface area (Å²) in [7, 11) is 3.52. The lowest BCUT2D eigenvalue weighted by atomic mass is 10.1. The topological polar surface area (TPSA) is 61.8 Å². The van der Waals surface area contributed by atoms with Gasteiger partial charge in [-0.15, -0.1) is 0 Å². The van der Waals surface area contributed by atoms with Crippen LogP contribution < -0.4 is 15.0 Å². The van der Waals surface area contributed by atoms with Crippen molar-refractivity contribution in [2.24, 2.45) is 5.92 Å². The Bertz CT molecular complexity index is 475. The molecule has 0 spiro atoms. The molecule has 0 atom stereocenters. The molecule has 1 aromatic carbocycles. The number of carboxylic acid groups (broad SMARTS) is 1. The van der Waals surface area contributed by atoms with Crippen LogP contribution in [0, 0.1) is 5.92 Å². The van der Waals surface area contributed by atoms with Crippen molar-refractivity contribution in [2.75, 3.05) is 32.1 Å². The lowest BCUT2D eigenvalue weighted by Crippen LogP contribution is -2.22. The lowest BCUT2D eigenvalue weighted by Gasteiger charge is -2.21.